The van der Waals surface area contributed by atoms with Crippen LogP contribution in [-0.4, -0.2) is 68.3 Å². The lowest BCUT2D eigenvalue weighted by Crippen LogP contribution is -2.70. The Labute approximate surface area is 105 Å². The molecular formula is C13H27N3O. The third-order valence-corrected chi connectivity index (χ3v) is 4.78. The summed E-state index contributed by atoms with van der Waals surface area (Å²) in [6.45, 7) is 9.62. The number of nitrogens with two attached hydrogens (primary N) is 1. The zero-order valence-electron chi connectivity index (χ0n) is 11.3. The quantitative estimate of drug-likeness (QED) is 0.730. The molecule has 2 N–H and O–H groups in total. The number of nitrogens with zero attached hydrogens (tertiary/aromatic N) is 2. The van der Waals surface area contributed by atoms with Crippen LogP contribution in [0.3, 0.4) is 0 Å². The summed E-state index contributed by atoms with van der Waals surface area (Å²) in [6.07, 6.45) is 2.64. The number of hydrogen-bond donors (Lipinski definition) is 1. The summed E-state index contributed by atoms with van der Waals surface area (Å²) in [7, 11) is 1.78. The molecule has 0 aromatic carbocycles. The van der Waals surface area contributed by atoms with Crippen LogP contribution >= 0.6 is 0 Å². The van der Waals surface area contributed by atoms with E-state index in [1.807, 2.05) is 0 Å². The lowest BCUT2D eigenvalue weighted by Gasteiger charge is -2.57. The fourth-order valence-electron chi connectivity index (χ4n) is 3.76. The Bertz CT molecular complexity index is 241. The molecule has 1 unspecified atom stereocenters. The van der Waals surface area contributed by atoms with Gasteiger partial charge in [0.15, 0.2) is 0 Å². The van der Waals surface area contributed by atoms with E-state index in [4.69, 9.17) is 10.5 Å². The second kappa shape index (κ2) is 5.65. The molecule has 0 saturated carbocycles. The van der Waals surface area contributed by atoms with Gasteiger partial charge in [0.25, 0.3) is 0 Å². The van der Waals surface area contributed by atoms with Crippen LogP contribution < -0.4 is 5.73 Å². The summed E-state index contributed by atoms with van der Waals surface area (Å²) in [4.78, 5) is 5.15. The van der Waals surface area contributed by atoms with Gasteiger partial charge >= 0.3 is 0 Å². The van der Waals surface area contributed by atoms with Crippen molar-refractivity contribution < 1.29 is 4.74 Å². The molecule has 0 radical (unpaired) electrons. The van der Waals surface area contributed by atoms with Gasteiger partial charge in [0.2, 0.25) is 0 Å². The molecule has 0 aliphatic carbocycles. The van der Waals surface area contributed by atoms with Gasteiger partial charge in [-0.15, -0.1) is 0 Å². The van der Waals surface area contributed by atoms with Gasteiger partial charge in [-0.1, -0.05) is 6.92 Å². The highest BCUT2D eigenvalue weighted by molar-refractivity contribution is 5.05. The average molecular weight is 241 g/mol. The smallest absolute Gasteiger partial charge is 0.0589 e. The highest BCUT2D eigenvalue weighted by Crippen LogP contribution is 2.39. The molecule has 3 rings (SSSR count). The number of ether oxygens (including phenoxy) is 1. The summed E-state index contributed by atoms with van der Waals surface area (Å²) in [5.41, 5.74) is 6.38. The second-order valence-electron chi connectivity index (χ2n) is 5.43. The van der Waals surface area contributed by atoms with Crippen molar-refractivity contribution in [3.63, 3.8) is 0 Å². The molecule has 3 saturated heterocycles. The molecule has 3 aliphatic heterocycles. The Kier molecular flexibility index (Phi) is 4.42. The van der Waals surface area contributed by atoms with E-state index in [-0.39, 0.29) is 5.54 Å². The molecule has 17 heavy (non-hydrogen) atoms. The summed E-state index contributed by atoms with van der Waals surface area (Å²) in [5, 5.41) is 0. The minimum atomic E-state index is 0.212. The van der Waals surface area contributed by atoms with E-state index in [0.29, 0.717) is 0 Å². The first-order chi connectivity index (χ1) is 8.26. The van der Waals surface area contributed by atoms with Crippen molar-refractivity contribution in [1.29, 1.82) is 0 Å². The summed E-state index contributed by atoms with van der Waals surface area (Å²) < 4.78 is 5.24. The number of likely N-dealkylation sites (N-methyl/N-ethyl adjacent to an activating group) is 1. The average Bonchev–Trinajstić information content (AvgIpc) is 2.40. The van der Waals surface area contributed by atoms with Crippen LogP contribution in [0.5, 0.6) is 0 Å². The number of hydrogen-bond acceptors (Lipinski definition) is 4. The van der Waals surface area contributed by atoms with Gasteiger partial charge in [0.05, 0.1) is 6.61 Å². The lowest BCUT2D eigenvalue weighted by atomic mass is 9.71. The maximum Gasteiger partial charge on any atom is 0.0589 e. The Morgan fingerprint density at radius 2 is 2.12 bits per heavy atom. The molecule has 0 spiro atoms. The van der Waals surface area contributed by atoms with Gasteiger partial charge in [0.1, 0.15) is 0 Å². The third-order valence-electron chi connectivity index (χ3n) is 4.78. The maximum absolute atomic E-state index is 6.16. The monoisotopic (exact) mass is 241 g/mol. The zero-order valence-corrected chi connectivity index (χ0v) is 11.3. The Hall–Kier alpha value is -0.160. The first-order valence-corrected chi connectivity index (χ1v) is 6.93. The van der Waals surface area contributed by atoms with Crippen LogP contribution in [0.1, 0.15) is 19.8 Å². The second-order valence-corrected chi connectivity index (χ2v) is 5.43. The Morgan fingerprint density at radius 3 is 2.53 bits per heavy atom. The van der Waals surface area contributed by atoms with E-state index >= 15 is 0 Å². The van der Waals surface area contributed by atoms with Crippen molar-refractivity contribution in [2.75, 3.05) is 53.0 Å². The van der Waals surface area contributed by atoms with E-state index in [9.17, 15) is 0 Å². The molecule has 2 bridgehead atoms. The van der Waals surface area contributed by atoms with Crippen molar-refractivity contribution in [1.82, 2.24) is 9.80 Å². The molecule has 3 heterocycles. The van der Waals surface area contributed by atoms with Crippen LogP contribution in [-0.2, 0) is 4.74 Å². The fraction of sp³-hybridized carbons (Fsp3) is 1.00. The van der Waals surface area contributed by atoms with Gasteiger partial charge in [-0.2, -0.15) is 0 Å². The number of rotatable bonds is 6. The summed E-state index contributed by atoms with van der Waals surface area (Å²) in [5.74, 6) is 0.786. The van der Waals surface area contributed by atoms with Crippen LogP contribution in [0.4, 0.5) is 0 Å². The highest BCUT2D eigenvalue weighted by atomic mass is 16.5. The van der Waals surface area contributed by atoms with Crippen LogP contribution in [0, 0.1) is 5.92 Å². The number of fused-ring (bicyclic) bond motifs is 3. The predicted octanol–water partition coefficient (Wildman–Crippen LogP) is 0.378. The molecule has 0 aromatic rings. The lowest BCUT2D eigenvalue weighted by molar-refractivity contribution is -0.0711. The Balaban J connectivity index is 2.11. The van der Waals surface area contributed by atoms with Crippen molar-refractivity contribution >= 4 is 0 Å². The fourth-order valence-corrected chi connectivity index (χ4v) is 3.76. The molecule has 1 atom stereocenters. The van der Waals surface area contributed by atoms with Crippen molar-refractivity contribution in [2.45, 2.75) is 25.3 Å². The SMILES string of the molecule is CCN(CCOC)C1(CN)CN2CCC1CC2. The van der Waals surface area contributed by atoms with E-state index in [1.54, 1.807) is 7.11 Å². The highest BCUT2D eigenvalue weighted by Gasteiger charge is 2.48. The minimum Gasteiger partial charge on any atom is -0.383 e. The van der Waals surface area contributed by atoms with E-state index in [0.717, 1.165) is 38.7 Å². The number of piperidine rings is 3. The molecule has 3 fully saturated rings. The minimum absolute atomic E-state index is 0.212. The van der Waals surface area contributed by atoms with Crippen LogP contribution in [0.2, 0.25) is 0 Å². The van der Waals surface area contributed by atoms with Gasteiger partial charge in [-0.3, -0.25) is 4.90 Å². The van der Waals surface area contributed by atoms with Crippen molar-refractivity contribution in [3.8, 4) is 0 Å². The molecule has 100 valence electrons. The molecule has 4 nitrogen and oxygen atoms in total. The van der Waals surface area contributed by atoms with Crippen molar-refractivity contribution in [3.05, 3.63) is 0 Å². The zero-order chi connectivity index (χ0) is 12.3. The molecule has 0 amide bonds. The third kappa shape index (κ3) is 2.36. The summed E-state index contributed by atoms with van der Waals surface area (Å²) >= 11 is 0. The first kappa shape index (κ1) is 13.3. The normalized spacial score (nSPS) is 36.7. The van der Waals surface area contributed by atoms with Crippen molar-refractivity contribution in [2.24, 2.45) is 11.7 Å². The van der Waals surface area contributed by atoms with E-state index in [1.165, 1.54) is 25.9 Å². The molecular weight excluding hydrogens is 214 g/mol. The predicted molar refractivity (Wildman–Crippen MR) is 70.1 cm³/mol. The first-order valence-electron chi connectivity index (χ1n) is 6.93. The molecule has 0 aromatic heterocycles. The largest absolute Gasteiger partial charge is 0.383 e. The maximum atomic E-state index is 6.16. The van der Waals surface area contributed by atoms with E-state index in [2.05, 4.69) is 16.7 Å². The van der Waals surface area contributed by atoms with Gasteiger partial charge in [-0.05, 0) is 38.4 Å². The Morgan fingerprint density at radius 1 is 1.41 bits per heavy atom. The van der Waals surface area contributed by atoms with Gasteiger partial charge in [0, 0.05) is 32.3 Å². The standard InChI is InChI=1S/C13H27N3O/c1-3-16(8-9-17-2)13(10-14)11-15-6-4-12(13)5-7-15/h12H,3-11,14H2,1-2H3. The van der Waals surface area contributed by atoms with Gasteiger partial charge in [-0.25, -0.2) is 0 Å². The number of methoxy groups -OCH3 is 1. The summed E-state index contributed by atoms with van der Waals surface area (Å²) in [6, 6.07) is 0. The van der Waals surface area contributed by atoms with Crippen LogP contribution in [0.25, 0.3) is 0 Å². The molecule has 3 aliphatic rings. The van der Waals surface area contributed by atoms with Gasteiger partial charge < -0.3 is 15.4 Å². The van der Waals surface area contributed by atoms with Crippen LogP contribution in [0.15, 0.2) is 0 Å². The molecule has 4 heteroatoms. The topological polar surface area (TPSA) is 41.7 Å². The van der Waals surface area contributed by atoms with E-state index < -0.39 is 0 Å².